The van der Waals surface area contributed by atoms with Gasteiger partial charge in [0.05, 0.1) is 22.8 Å². The number of benzene rings is 2. The molecular weight excluding hydrogens is 656 g/mol. The Morgan fingerprint density at radius 3 is 0.922 bits per heavy atom. The quantitative estimate of drug-likeness (QED) is 0.0490. The average Bonchev–Trinajstić information content (AvgIpc) is 3.06. The second-order valence-electron chi connectivity index (χ2n) is 11.1. The van der Waals surface area contributed by atoms with E-state index in [2.05, 4.69) is 51.4 Å². The largest absolute Gasteiger partial charge is 0.369 e. The molecule has 0 aromatic heterocycles. The fourth-order valence-corrected chi connectivity index (χ4v) is 4.19. The number of amides is 2. The predicted molar refractivity (Wildman–Crippen MR) is 205 cm³/mol. The van der Waals surface area contributed by atoms with Gasteiger partial charge in [-0.1, -0.05) is 6.42 Å². The molecule has 0 aliphatic rings. The fraction of sp³-hybridized carbons (Fsp3) is 0.290. The number of hydrogen-bond donors (Lipinski definition) is 10. The van der Waals surface area contributed by atoms with Crippen LogP contribution in [0.4, 0.5) is 11.4 Å². The van der Waals surface area contributed by atoms with Crippen LogP contribution in [0.1, 0.15) is 82.1 Å². The van der Waals surface area contributed by atoms with E-state index in [1.807, 2.05) is 0 Å². The number of rotatable bonds is 16. The molecule has 0 radical (unpaired) electrons. The van der Waals surface area contributed by atoms with Crippen molar-refractivity contribution in [3.05, 3.63) is 58.7 Å². The van der Waals surface area contributed by atoms with Crippen LogP contribution in [0.2, 0.25) is 0 Å². The number of nitrogens with two attached hydrogens (primary N) is 8. The molecule has 0 bridgehead atoms. The van der Waals surface area contributed by atoms with E-state index in [1.54, 1.807) is 64.1 Å². The van der Waals surface area contributed by atoms with Crippen molar-refractivity contribution < 1.29 is 9.59 Å². The Morgan fingerprint density at radius 1 is 0.431 bits per heavy atom. The summed E-state index contributed by atoms with van der Waals surface area (Å²) in [4.78, 5) is 25.7. The lowest BCUT2D eigenvalue weighted by Gasteiger charge is -2.11. The summed E-state index contributed by atoms with van der Waals surface area (Å²) in [6.45, 7) is 6.83. The maximum Gasteiger partial charge on any atom is 0.224 e. The Balaban J connectivity index is 2.08. The molecule has 20 nitrogen and oxygen atoms in total. The highest BCUT2D eigenvalue weighted by Crippen LogP contribution is 2.20. The van der Waals surface area contributed by atoms with Crippen molar-refractivity contribution in [2.75, 3.05) is 10.6 Å². The Labute approximate surface area is 295 Å². The van der Waals surface area contributed by atoms with Crippen molar-refractivity contribution in [1.82, 2.24) is 0 Å². The molecule has 0 aliphatic carbocycles. The molecule has 0 saturated carbocycles. The maximum absolute atomic E-state index is 12.9. The van der Waals surface area contributed by atoms with Crippen LogP contribution in [-0.2, 0) is 9.59 Å². The zero-order valence-electron chi connectivity index (χ0n) is 29.0. The fourth-order valence-electron chi connectivity index (χ4n) is 4.19. The standard InChI is InChI=1S/C31H46N18O2/c1-16(42-46-28(32)33)20-10-21(17(2)43-47-29(34)35)13-24(12-20)40-26(50)8-6-5-7-9-27(51)41-25-14-22(18(3)44-48-30(36)37)11-23(15-25)19(4)45-49-31(38)39/h10-15H,5-9H2,1-4H3,(H,40,50)(H,41,51)(H4,32,33,46)(H4,34,35,47)(H4,36,37,48)(H4,38,39,49)/b42-16-,43-17+,44-18-,45-19+. The van der Waals surface area contributed by atoms with Crippen LogP contribution in [0.25, 0.3) is 0 Å². The van der Waals surface area contributed by atoms with Gasteiger partial charge in [-0.05, 0) is 76.9 Å². The van der Waals surface area contributed by atoms with Crippen molar-refractivity contribution >= 4 is 69.9 Å². The molecule has 0 atom stereocenters. The van der Waals surface area contributed by atoms with Crippen molar-refractivity contribution in [2.45, 2.75) is 59.8 Å². The van der Waals surface area contributed by atoms with Crippen LogP contribution >= 0.6 is 0 Å². The molecule has 2 amide bonds. The van der Waals surface area contributed by atoms with Gasteiger partial charge < -0.3 is 56.5 Å². The van der Waals surface area contributed by atoms with E-state index in [9.17, 15) is 9.59 Å². The first-order valence-corrected chi connectivity index (χ1v) is 15.5. The van der Waals surface area contributed by atoms with Gasteiger partial charge in [0, 0.05) is 46.5 Å². The van der Waals surface area contributed by atoms with E-state index in [4.69, 9.17) is 45.9 Å². The summed E-state index contributed by atoms with van der Waals surface area (Å²) in [5.41, 5.74) is 48.6. The number of hydrogen-bond acceptors (Lipinski definition) is 10. The molecule has 2 aromatic rings. The number of carbonyl (C=O) groups is 2. The summed E-state index contributed by atoms with van der Waals surface area (Å²) in [6.07, 6.45) is 2.15. The Hall–Kier alpha value is -6.86. The van der Waals surface area contributed by atoms with Crippen molar-refractivity contribution in [2.24, 2.45) is 86.7 Å². The summed E-state index contributed by atoms with van der Waals surface area (Å²) in [6, 6.07) is 10.5. The monoisotopic (exact) mass is 702 g/mol. The highest BCUT2D eigenvalue weighted by atomic mass is 16.2. The molecule has 0 aliphatic heterocycles. The zero-order chi connectivity index (χ0) is 38.1. The van der Waals surface area contributed by atoms with Crippen LogP contribution in [0.3, 0.4) is 0 Å². The molecule has 2 aromatic carbocycles. The number of carbonyl (C=O) groups excluding carboxylic acids is 2. The maximum atomic E-state index is 12.9. The Kier molecular flexibility index (Phi) is 15.7. The lowest BCUT2D eigenvalue weighted by atomic mass is 10.0. The van der Waals surface area contributed by atoms with E-state index >= 15 is 0 Å². The van der Waals surface area contributed by atoms with Crippen molar-refractivity contribution in [3.63, 3.8) is 0 Å². The van der Waals surface area contributed by atoms with Gasteiger partial charge in [0.1, 0.15) is 0 Å². The smallest absolute Gasteiger partial charge is 0.224 e. The molecular formula is C31H46N18O2. The summed E-state index contributed by atoms with van der Waals surface area (Å²) in [7, 11) is 0. The normalized spacial score (nSPS) is 12.0. The number of guanidine groups is 4. The lowest BCUT2D eigenvalue weighted by Crippen LogP contribution is -2.22. The Bertz CT molecular complexity index is 1580. The first-order chi connectivity index (χ1) is 24.0. The summed E-state index contributed by atoms with van der Waals surface area (Å²) >= 11 is 0. The number of unbranched alkanes of at least 4 members (excludes halogenated alkanes) is 2. The number of anilines is 2. The second-order valence-corrected chi connectivity index (χ2v) is 11.1. The van der Waals surface area contributed by atoms with Crippen LogP contribution in [0.5, 0.6) is 0 Å². The SMILES string of the molecule is C/C(=N/N=C(N)N)c1cc(NC(=O)CCCCCC(=O)Nc2cc(/C(C)=N\N=C(N)N)cc(/C(C)=N/N=C(N)N)c2)cc(/C(C)=N/N=C(N)N)c1. The van der Waals surface area contributed by atoms with E-state index < -0.39 is 0 Å². The second kappa shape index (κ2) is 19.8. The highest BCUT2D eigenvalue weighted by Gasteiger charge is 2.12. The third-order valence-electron chi connectivity index (χ3n) is 6.67. The molecule has 0 heterocycles. The molecule has 18 N–H and O–H groups in total. The van der Waals surface area contributed by atoms with Gasteiger partial charge in [0.25, 0.3) is 0 Å². The first kappa shape index (κ1) is 40.3. The summed E-state index contributed by atoms with van der Waals surface area (Å²) in [5, 5.41) is 36.6. The van der Waals surface area contributed by atoms with E-state index in [0.29, 0.717) is 75.7 Å². The van der Waals surface area contributed by atoms with E-state index in [-0.39, 0.29) is 48.5 Å². The molecule has 0 saturated heterocycles. The molecule has 0 spiro atoms. The van der Waals surface area contributed by atoms with Crippen molar-refractivity contribution in [1.29, 1.82) is 0 Å². The highest BCUT2D eigenvalue weighted by molar-refractivity contribution is 6.07. The average molecular weight is 703 g/mol. The van der Waals surface area contributed by atoms with Gasteiger partial charge in [-0.3, -0.25) is 9.59 Å². The molecule has 20 heteroatoms. The molecule has 272 valence electrons. The summed E-state index contributed by atoms with van der Waals surface area (Å²) in [5.74, 6) is -1.25. The van der Waals surface area contributed by atoms with Crippen LogP contribution < -0.4 is 56.5 Å². The minimum absolute atomic E-state index is 0.201. The van der Waals surface area contributed by atoms with E-state index in [0.717, 1.165) is 0 Å². The number of nitrogens with zero attached hydrogens (tertiary/aromatic N) is 8. The van der Waals surface area contributed by atoms with Crippen LogP contribution in [0, 0.1) is 0 Å². The van der Waals surface area contributed by atoms with Gasteiger partial charge in [-0.15, -0.1) is 20.4 Å². The molecule has 51 heavy (non-hydrogen) atoms. The number of nitrogens with one attached hydrogen (secondary N) is 2. The molecule has 0 unspecified atom stereocenters. The van der Waals surface area contributed by atoms with E-state index in [1.165, 1.54) is 0 Å². The minimum atomic E-state index is -0.222. The lowest BCUT2D eigenvalue weighted by molar-refractivity contribution is -0.116. The first-order valence-electron chi connectivity index (χ1n) is 15.5. The van der Waals surface area contributed by atoms with Gasteiger partial charge in [-0.2, -0.15) is 20.4 Å². The third-order valence-corrected chi connectivity index (χ3v) is 6.67. The predicted octanol–water partition coefficient (Wildman–Crippen LogP) is 0.204. The minimum Gasteiger partial charge on any atom is -0.369 e. The van der Waals surface area contributed by atoms with Gasteiger partial charge >= 0.3 is 0 Å². The molecule has 0 fully saturated rings. The van der Waals surface area contributed by atoms with Crippen LogP contribution in [-0.4, -0.2) is 58.5 Å². The van der Waals surface area contributed by atoms with Crippen LogP contribution in [0.15, 0.2) is 77.2 Å². The van der Waals surface area contributed by atoms with Gasteiger partial charge in [-0.25, -0.2) is 0 Å². The Morgan fingerprint density at radius 2 is 0.686 bits per heavy atom. The summed E-state index contributed by atoms with van der Waals surface area (Å²) < 4.78 is 0. The zero-order valence-corrected chi connectivity index (χ0v) is 29.0. The molecule has 2 rings (SSSR count). The van der Waals surface area contributed by atoms with Crippen molar-refractivity contribution in [3.8, 4) is 0 Å². The van der Waals surface area contributed by atoms with Gasteiger partial charge in [0.15, 0.2) is 0 Å². The third kappa shape index (κ3) is 15.3. The van der Waals surface area contributed by atoms with Gasteiger partial charge in [0.2, 0.25) is 35.7 Å². The topological polar surface area (TPSA) is 365 Å².